The average molecular weight is 360 g/mol. The topological polar surface area (TPSA) is 16.1 Å². The molecule has 0 aliphatic heterocycles. The predicted octanol–water partition coefficient (Wildman–Crippen LogP) is 4.78. The fourth-order valence-corrected chi connectivity index (χ4v) is 2.70. The molecule has 1 aromatic heterocycles. The average Bonchev–Trinajstić information content (AvgIpc) is 2.33. The molecule has 1 heterocycles. The molecule has 2 nitrogen and oxygen atoms in total. The molecule has 100 valence electrons. The summed E-state index contributed by atoms with van der Waals surface area (Å²) in [6.07, 6.45) is 0. The van der Waals surface area contributed by atoms with Crippen molar-refractivity contribution in [2.45, 2.75) is 13.1 Å². The third-order valence-electron chi connectivity index (χ3n) is 2.67. The molecule has 0 aliphatic rings. The van der Waals surface area contributed by atoms with Gasteiger partial charge >= 0.3 is 0 Å². The van der Waals surface area contributed by atoms with Gasteiger partial charge in [-0.15, -0.1) is 0 Å². The molecule has 0 atom stereocenters. The number of aromatic nitrogens is 1. The molecule has 0 spiro atoms. The maximum absolute atomic E-state index is 6.07. The molecule has 2 rings (SSSR count). The van der Waals surface area contributed by atoms with E-state index in [4.69, 9.17) is 23.2 Å². The maximum atomic E-state index is 6.07. The molecule has 0 saturated carbocycles. The monoisotopic (exact) mass is 358 g/mol. The molecule has 0 fully saturated rings. The Labute approximate surface area is 131 Å². The lowest BCUT2D eigenvalue weighted by atomic mass is 10.2. The Kier molecular flexibility index (Phi) is 5.22. The summed E-state index contributed by atoms with van der Waals surface area (Å²) in [6, 6.07) is 11.9. The van der Waals surface area contributed by atoms with E-state index in [1.807, 2.05) is 25.2 Å². The van der Waals surface area contributed by atoms with E-state index in [0.717, 1.165) is 23.1 Å². The van der Waals surface area contributed by atoms with Gasteiger partial charge in [-0.1, -0.05) is 57.3 Å². The number of hydrogen-bond acceptors (Lipinski definition) is 2. The van der Waals surface area contributed by atoms with Crippen molar-refractivity contribution in [1.29, 1.82) is 0 Å². The summed E-state index contributed by atoms with van der Waals surface area (Å²) in [6.45, 7) is 1.58. The summed E-state index contributed by atoms with van der Waals surface area (Å²) in [7, 11) is 2.05. The highest BCUT2D eigenvalue weighted by molar-refractivity contribution is 9.10. The van der Waals surface area contributed by atoms with Crippen LogP contribution in [-0.2, 0) is 13.1 Å². The van der Waals surface area contributed by atoms with Crippen LogP contribution in [0.15, 0.2) is 40.9 Å². The first-order valence-corrected chi connectivity index (χ1v) is 7.33. The number of rotatable bonds is 4. The van der Waals surface area contributed by atoms with Crippen molar-refractivity contribution >= 4 is 39.1 Å². The van der Waals surface area contributed by atoms with Crippen molar-refractivity contribution in [1.82, 2.24) is 9.88 Å². The van der Waals surface area contributed by atoms with Gasteiger partial charge in [0.1, 0.15) is 10.3 Å². The first-order chi connectivity index (χ1) is 9.04. The van der Waals surface area contributed by atoms with Crippen LogP contribution in [0, 0.1) is 0 Å². The van der Waals surface area contributed by atoms with Gasteiger partial charge in [0.05, 0.1) is 0 Å². The second kappa shape index (κ2) is 6.71. The van der Waals surface area contributed by atoms with Crippen molar-refractivity contribution in [3.8, 4) is 0 Å². The summed E-state index contributed by atoms with van der Waals surface area (Å²) in [5, 5.41) is 0.886. The summed E-state index contributed by atoms with van der Waals surface area (Å²) in [5.74, 6) is 0. The van der Waals surface area contributed by atoms with Crippen molar-refractivity contribution < 1.29 is 0 Å². The SMILES string of the molecule is CN(Cc1cccc(Br)c1)Cc1ccc(Cl)nc1Cl. The second-order valence-electron chi connectivity index (χ2n) is 4.39. The van der Waals surface area contributed by atoms with Crippen LogP contribution in [0.3, 0.4) is 0 Å². The zero-order chi connectivity index (χ0) is 13.8. The van der Waals surface area contributed by atoms with E-state index in [2.05, 4.69) is 37.9 Å². The molecule has 0 N–H and O–H groups in total. The minimum absolute atomic E-state index is 0.420. The fraction of sp³-hybridized carbons (Fsp3) is 0.214. The molecule has 2 aromatic rings. The van der Waals surface area contributed by atoms with Crippen molar-refractivity contribution in [3.05, 3.63) is 62.3 Å². The van der Waals surface area contributed by atoms with Gasteiger partial charge in [-0.2, -0.15) is 0 Å². The van der Waals surface area contributed by atoms with E-state index in [1.54, 1.807) is 6.07 Å². The van der Waals surface area contributed by atoms with Crippen LogP contribution < -0.4 is 0 Å². The molecule has 1 aromatic carbocycles. The van der Waals surface area contributed by atoms with Gasteiger partial charge in [-0.05, 0) is 30.8 Å². The molecule has 0 bridgehead atoms. The number of pyridine rings is 1. The normalized spacial score (nSPS) is 11.0. The van der Waals surface area contributed by atoms with E-state index in [9.17, 15) is 0 Å². The molecule has 5 heteroatoms. The quantitative estimate of drug-likeness (QED) is 0.730. The van der Waals surface area contributed by atoms with Gasteiger partial charge in [0.2, 0.25) is 0 Å². The fourth-order valence-electron chi connectivity index (χ4n) is 1.85. The van der Waals surface area contributed by atoms with Crippen molar-refractivity contribution in [3.63, 3.8) is 0 Å². The van der Waals surface area contributed by atoms with Gasteiger partial charge in [0, 0.05) is 23.1 Å². The predicted molar refractivity (Wildman–Crippen MR) is 83.6 cm³/mol. The minimum atomic E-state index is 0.420. The summed E-state index contributed by atoms with van der Waals surface area (Å²) in [5.41, 5.74) is 2.22. The molecule has 0 amide bonds. The zero-order valence-electron chi connectivity index (χ0n) is 10.4. The first kappa shape index (κ1) is 14.8. The van der Waals surface area contributed by atoms with Crippen LogP contribution >= 0.6 is 39.1 Å². The Morgan fingerprint density at radius 1 is 1.16 bits per heavy atom. The van der Waals surface area contributed by atoms with Crippen LogP contribution in [0.2, 0.25) is 10.3 Å². The number of nitrogens with zero attached hydrogens (tertiary/aromatic N) is 2. The van der Waals surface area contributed by atoms with Gasteiger partial charge < -0.3 is 0 Å². The number of benzene rings is 1. The summed E-state index contributed by atoms with van der Waals surface area (Å²) >= 11 is 15.3. The molecule has 0 radical (unpaired) electrons. The van der Waals surface area contributed by atoms with Crippen LogP contribution in [0.4, 0.5) is 0 Å². The second-order valence-corrected chi connectivity index (χ2v) is 6.05. The standard InChI is InChI=1S/C14H13BrCl2N2/c1-19(8-10-3-2-4-12(15)7-10)9-11-5-6-13(16)18-14(11)17/h2-7H,8-9H2,1H3. The van der Waals surface area contributed by atoms with E-state index in [0.29, 0.717) is 10.3 Å². The van der Waals surface area contributed by atoms with Gasteiger partial charge in [0.25, 0.3) is 0 Å². The molecular weight excluding hydrogens is 347 g/mol. The lowest BCUT2D eigenvalue weighted by Crippen LogP contribution is -2.17. The van der Waals surface area contributed by atoms with Crippen molar-refractivity contribution in [2.24, 2.45) is 0 Å². The Morgan fingerprint density at radius 3 is 2.63 bits per heavy atom. The van der Waals surface area contributed by atoms with E-state index < -0.39 is 0 Å². The summed E-state index contributed by atoms with van der Waals surface area (Å²) < 4.78 is 1.09. The lowest BCUT2D eigenvalue weighted by Gasteiger charge is -2.17. The smallest absolute Gasteiger partial charge is 0.135 e. The maximum Gasteiger partial charge on any atom is 0.135 e. The summed E-state index contributed by atoms with van der Waals surface area (Å²) in [4.78, 5) is 6.22. The Hall–Kier alpha value is -0.610. The number of halogens is 3. The minimum Gasteiger partial charge on any atom is -0.298 e. The van der Waals surface area contributed by atoms with E-state index >= 15 is 0 Å². The van der Waals surface area contributed by atoms with Crippen LogP contribution in [0.1, 0.15) is 11.1 Å². The Morgan fingerprint density at radius 2 is 1.95 bits per heavy atom. The number of hydrogen-bond donors (Lipinski definition) is 0. The highest BCUT2D eigenvalue weighted by Gasteiger charge is 2.07. The van der Waals surface area contributed by atoms with E-state index in [1.165, 1.54) is 5.56 Å². The lowest BCUT2D eigenvalue weighted by molar-refractivity contribution is 0.319. The third-order valence-corrected chi connectivity index (χ3v) is 3.70. The van der Waals surface area contributed by atoms with E-state index in [-0.39, 0.29) is 0 Å². The molecular formula is C14H13BrCl2N2. The zero-order valence-corrected chi connectivity index (χ0v) is 13.5. The molecule has 19 heavy (non-hydrogen) atoms. The van der Waals surface area contributed by atoms with Gasteiger partial charge in [0.15, 0.2) is 0 Å². The first-order valence-electron chi connectivity index (χ1n) is 5.78. The van der Waals surface area contributed by atoms with Gasteiger partial charge in [-0.3, -0.25) is 4.90 Å². The van der Waals surface area contributed by atoms with Crippen LogP contribution in [0.25, 0.3) is 0 Å². The van der Waals surface area contributed by atoms with Gasteiger partial charge in [-0.25, -0.2) is 4.98 Å². The van der Waals surface area contributed by atoms with Crippen molar-refractivity contribution in [2.75, 3.05) is 7.05 Å². The van der Waals surface area contributed by atoms with Crippen LogP contribution in [-0.4, -0.2) is 16.9 Å². The molecule has 0 saturated heterocycles. The van der Waals surface area contributed by atoms with Crippen LogP contribution in [0.5, 0.6) is 0 Å². The molecule has 0 unspecified atom stereocenters. The Bertz CT molecular complexity index is 575. The molecule has 0 aliphatic carbocycles. The Balaban J connectivity index is 2.03. The highest BCUT2D eigenvalue weighted by atomic mass is 79.9. The third kappa shape index (κ3) is 4.46. The largest absolute Gasteiger partial charge is 0.298 e. The highest BCUT2D eigenvalue weighted by Crippen LogP contribution is 2.19.